The van der Waals surface area contributed by atoms with E-state index in [2.05, 4.69) is 28.9 Å². The number of nitrogens with zero attached hydrogens (tertiary/aromatic N) is 3. The van der Waals surface area contributed by atoms with E-state index < -0.39 is 0 Å². The van der Waals surface area contributed by atoms with Crippen molar-refractivity contribution in [2.45, 2.75) is 20.3 Å². The minimum Gasteiger partial charge on any atom is -0.496 e. The summed E-state index contributed by atoms with van der Waals surface area (Å²) in [7, 11) is 1.59. The van der Waals surface area contributed by atoms with Crippen molar-refractivity contribution in [3.8, 4) is 17.2 Å². The van der Waals surface area contributed by atoms with Crippen LogP contribution in [0.3, 0.4) is 0 Å². The summed E-state index contributed by atoms with van der Waals surface area (Å²) in [4.78, 5) is 6.75. The Morgan fingerprint density at radius 1 is 1.29 bits per heavy atom. The quantitative estimate of drug-likeness (QED) is 0.788. The summed E-state index contributed by atoms with van der Waals surface area (Å²) >= 11 is 0. The lowest BCUT2D eigenvalue weighted by Crippen LogP contribution is -2.25. The second-order valence-electron chi connectivity index (χ2n) is 4.75. The molecule has 0 radical (unpaired) electrons. The lowest BCUT2D eigenvalue weighted by atomic mass is 10.2. The molecule has 2 rings (SSSR count). The van der Waals surface area contributed by atoms with Crippen LogP contribution in [0.4, 0.5) is 5.69 Å². The first kappa shape index (κ1) is 15.3. The number of nitrogen functional groups attached to an aromatic ring is 1. The van der Waals surface area contributed by atoms with E-state index >= 15 is 0 Å². The van der Waals surface area contributed by atoms with Crippen molar-refractivity contribution in [2.24, 2.45) is 0 Å². The van der Waals surface area contributed by atoms with Gasteiger partial charge in [0.25, 0.3) is 5.89 Å². The molecule has 2 N–H and O–H groups in total. The molecule has 0 unspecified atom stereocenters. The standard InChI is InChI=1S/C15H22N4O2/c1-4-19(5-2)9-8-14-17-15(21-18-14)12-7-6-11(16)10-13(12)20-3/h6-7,10H,4-5,8-9,16H2,1-3H3. The summed E-state index contributed by atoms with van der Waals surface area (Å²) in [5.74, 6) is 1.80. The SMILES string of the molecule is CCN(CC)CCc1noc(-c2ccc(N)cc2OC)n1. The summed E-state index contributed by atoms with van der Waals surface area (Å²) < 4.78 is 10.6. The van der Waals surface area contributed by atoms with Gasteiger partial charge >= 0.3 is 0 Å². The van der Waals surface area contributed by atoms with Crippen LogP contribution in [0.5, 0.6) is 5.75 Å². The normalized spacial score (nSPS) is 11.0. The Bertz CT molecular complexity index is 579. The number of benzene rings is 1. The number of methoxy groups -OCH3 is 1. The molecule has 0 saturated heterocycles. The Balaban J connectivity index is 2.13. The topological polar surface area (TPSA) is 77.4 Å². The molecule has 0 amide bonds. The number of hydrogen-bond donors (Lipinski definition) is 1. The van der Waals surface area contributed by atoms with Crippen molar-refractivity contribution < 1.29 is 9.26 Å². The second kappa shape index (κ2) is 7.08. The molecule has 0 aliphatic rings. The monoisotopic (exact) mass is 290 g/mol. The van der Waals surface area contributed by atoms with Gasteiger partial charge in [0.05, 0.1) is 12.7 Å². The van der Waals surface area contributed by atoms with Crippen LogP contribution in [0.1, 0.15) is 19.7 Å². The lowest BCUT2D eigenvalue weighted by Gasteiger charge is -2.16. The van der Waals surface area contributed by atoms with Gasteiger partial charge in [-0.3, -0.25) is 0 Å². The Morgan fingerprint density at radius 3 is 2.71 bits per heavy atom. The van der Waals surface area contributed by atoms with Crippen LogP contribution in [0, 0.1) is 0 Å². The molecule has 0 spiro atoms. The molecule has 1 heterocycles. The van der Waals surface area contributed by atoms with Crippen LogP contribution < -0.4 is 10.5 Å². The highest BCUT2D eigenvalue weighted by molar-refractivity contribution is 5.66. The molecule has 0 aliphatic carbocycles. The third kappa shape index (κ3) is 3.72. The summed E-state index contributed by atoms with van der Waals surface area (Å²) in [5.41, 5.74) is 7.14. The van der Waals surface area contributed by atoms with Crippen molar-refractivity contribution >= 4 is 5.69 Å². The van der Waals surface area contributed by atoms with Crippen molar-refractivity contribution in [2.75, 3.05) is 32.5 Å². The smallest absolute Gasteiger partial charge is 0.261 e. The molecule has 114 valence electrons. The van der Waals surface area contributed by atoms with Gasteiger partial charge in [0, 0.05) is 24.7 Å². The van der Waals surface area contributed by atoms with E-state index in [0.29, 0.717) is 23.2 Å². The molecule has 0 saturated carbocycles. The molecule has 21 heavy (non-hydrogen) atoms. The largest absolute Gasteiger partial charge is 0.496 e. The Morgan fingerprint density at radius 2 is 2.05 bits per heavy atom. The molecule has 0 aliphatic heterocycles. The van der Waals surface area contributed by atoms with Crippen molar-refractivity contribution in [3.63, 3.8) is 0 Å². The van der Waals surface area contributed by atoms with Gasteiger partial charge in [-0.15, -0.1) is 0 Å². The van der Waals surface area contributed by atoms with E-state index in [4.69, 9.17) is 15.0 Å². The van der Waals surface area contributed by atoms with Gasteiger partial charge in [0.1, 0.15) is 5.75 Å². The van der Waals surface area contributed by atoms with Crippen molar-refractivity contribution in [1.82, 2.24) is 15.0 Å². The first-order valence-electron chi connectivity index (χ1n) is 7.16. The minimum atomic E-state index is 0.460. The van der Waals surface area contributed by atoms with Crippen molar-refractivity contribution in [1.29, 1.82) is 0 Å². The van der Waals surface area contributed by atoms with E-state index in [1.54, 1.807) is 19.2 Å². The third-order valence-corrected chi connectivity index (χ3v) is 3.47. The summed E-state index contributed by atoms with van der Waals surface area (Å²) in [6, 6.07) is 5.36. The van der Waals surface area contributed by atoms with E-state index in [0.717, 1.165) is 31.6 Å². The lowest BCUT2D eigenvalue weighted by molar-refractivity contribution is 0.303. The van der Waals surface area contributed by atoms with Gasteiger partial charge in [-0.2, -0.15) is 4.98 Å². The van der Waals surface area contributed by atoms with E-state index in [1.807, 2.05) is 6.07 Å². The zero-order valence-corrected chi connectivity index (χ0v) is 12.8. The van der Waals surface area contributed by atoms with Crippen LogP contribution in [-0.2, 0) is 6.42 Å². The molecule has 0 atom stereocenters. The number of likely N-dealkylation sites (N-methyl/N-ethyl adjacent to an activating group) is 1. The minimum absolute atomic E-state index is 0.460. The fourth-order valence-corrected chi connectivity index (χ4v) is 2.15. The average molecular weight is 290 g/mol. The van der Waals surface area contributed by atoms with Crippen LogP contribution in [0.2, 0.25) is 0 Å². The Hall–Kier alpha value is -2.08. The first-order valence-corrected chi connectivity index (χ1v) is 7.16. The van der Waals surface area contributed by atoms with Gasteiger partial charge in [-0.25, -0.2) is 0 Å². The van der Waals surface area contributed by atoms with Crippen LogP contribution >= 0.6 is 0 Å². The Labute approximate surface area is 124 Å². The highest BCUT2D eigenvalue weighted by atomic mass is 16.5. The van der Waals surface area contributed by atoms with Gasteiger partial charge in [0.15, 0.2) is 5.82 Å². The summed E-state index contributed by atoms with van der Waals surface area (Å²) in [5, 5.41) is 4.03. The first-order chi connectivity index (χ1) is 10.2. The van der Waals surface area contributed by atoms with Crippen molar-refractivity contribution in [3.05, 3.63) is 24.0 Å². The number of ether oxygens (including phenoxy) is 1. The highest BCUT2D eigenvalue weighted by Gasteiger charge is 2.14. The van der Waals surface area contributed by atoms with E-state index in [-0.39, 0.29) is 0 Å². The molecular formula is C15H22N4O2. The zero-order valence-electron chi connectivity index (χ0n) is 12.8. The molecule has 0 fully saturated rings. The molecule has 1 aromatic carbocycles. The number of rotatable bonds is 7. The fourth-order valence-electron chi connectivity index (χ4n) is 2.15. The second-order valence-corrected chi connectivity index (χ2v) is 4.75. The number of anilines is 1. The van der Waals surface area contributed by atoms with E-state index in [9.17, 15) is 0 Å². The molecule has 6 heteroatoms. The zero-order chi connectivity index (χ0) is 15.2. The molecule has 6 nitrogen and oxygen atoms in total. The van der Waals surface area contributed by atoms with Gasteiger partial charge < -0.3 is 19.9 Å². The maximum Gasteiger partial charge on any atom is 0.261 e. The van der Waals surface area contributed by atoms with Crippen LogP contribution in [0.15, 0.2) is 22.7 Å². The third-order valence-electron chi connectivity index (χ3n) is 3.47. The molecule has 1 aromatic heterocycles. The van der Waals surface area contributed by atoms with E-state index in [1.165, 1.54) is 0 Å². The number of aromatic nitrogens is 2. The maximum atomic E-state index is 5.75. The maximum absolute atomic E-state index is 5.75. The fraction of sp³-hybridized carbons (Fsp3) is 0.467. The van der Waals surface area contributed by atoms with Crippen LogP contribution in [0.25, 0.3) is 11.5 Å². The van der Waals surface area contributed by atoms with Gasteiger partial charge in [-0.1, -0.05) is 19.0 Å². The number of nitrogens with two attached hydrogens (primary N) is 1. The summed E-state index contributed by atoms with van der Waals surface area (Å²) in [6.07, 6.45) is 0.766. The van der Waals surface area contributed by atoms with Crippen LogP contribution in [-0.4, -0.2) is 41.8 Å². The van der Waals surface area contributed by atoms with Gasteiger partial charge in [0.2, 0.25) is 0 Å². The van der Waals surface area contributed by atoms with Gasteiger partial charge in [-0.05, 0) is 25.2 Å². The Kier molecular flexibility index (Phi) is 5.16. The number of hydrogen-bond acceptors (Lipinski definition) is 6. The molecule has 0 bridgehead atoms. The highest BCUT2D eigenvalue weighted by Crippen LogP contribution is 2.30. The molecular weight excluding hydrogens is 268 g/mol. The summed E-state index contributed by atoms with van der Waals surface area (Å²) in [6.45, 7) is 7.25. The predicted molar refractivity (Wildman–Crippen MR) is 82.2 cm³/mol. The predicted octanol–water partition coefficient (Wildman–Crippen LogP) is 2.21. The molecule has 2 aromatic rings. The average Bonchev–Trinajstić information content (AvgIpc) is 2.96.